The number of hydrogen-bond donors (Lipinski definition) is 4. The van der Waals surface area contributed by atoms with Gasteiger partial charge in [-0.25, -0.2) is 0 Å². The molecule has 4 rings (SSSR count). The van der Waals surface area contributed by atoms with E-state index in [0.717, 1.165) is 35.8 Å². The van der Waals surface area contributed by atoms with Gasteiger partial charge in [-0.2, -0.15) is 0 Å². The van der Waals surface area contributed by atoms with E-state index in [-0.39, 0.29) is 0 Å². The van der Waals surface area contributed by atoms with Crippen LogP contribution in [0.1, 0.15) is 25.7 Å². The number of unbranched alkanes of at least 4 members (excludes halogenated alkanes) is 3. The third-order valence-corrected chi connectivity index (χ3v) is 5.66. The summed E-state index contributed by atoms with van der Waals surface area (Å²) in [4.78, 5) is 0. The highest BCUT2D eigenvalue weighted by Crippen LogP contribution is 2.20. The smallest absolute Gasteiger partial charge is 0.0385 e. The molecule has 0 fully saturated rings. The Morgan fingerprint density at radius 1 is 0.324 bits per heavy atom. The molecule has 0 aliphatic carbocycles. The Morgan fingerprint density at radius 2 is 0.647 bits per heavy atom. The monoisotopic (exact) mass is 450 g/mol. The lowest BCUT2D eigenvalue weighted by atomic mass is 10.2. The summed E-state index contributed by atoms with van der Waals surface area (Å²) < 4.78 is 0. The van der Waals surface area contributed by atoms with Crippen molar-refractivity contribution in [2.24, 2.45) is 0 Å². The van der Waals surface area contributed by atoms with Crippen LogP contribution in [-0.4, -0.2) is 13.1 Å². The third kappa shape index (κ3) is 7.89. The van der Waals surface area contributed by atoms with Crippen LogP contribution in [0.5, 0.6) is 0 Å². The SMILES string of the molecule is c1ccc(Nc2ccc(NCCCCCCNc3ccc(Nc4ccccc4)cc3)cc2)cc1. The highest BCUT2D eigenvalue weighted by atomic mass is 14.9. The Morgan fingerprint density at radius 3 is 1.03 bits per heavy atom. The van der Waals surface area contributed by atoms with Crippen molar-refractivity contribution in [2.75, 3.05) is 34.4 Å². The Labute approximate surface area is 203 Å². The second kappa shape index (κ2) is 12.9. The molecule has 34 heavy (non-hydrogen) atoms. The predicted octanol–water partition coefficient (Wildman–Crippen LogP) is 8.26. The maximum Gasteiger partial charge on any atom is 0.0385 e. The molecule has 4 nitrogen and oxygen atoms in total. The summed E-state index contributed by atoms with van der Waals surface area (Å²) in [5, 5.41) is 13.9. The first-order valence-electron chi connectivity index (χ1n) is 12.2. The summed E-state index contributed by atoms with van der Waals surface area (Å²) in [6.45, 7) is 2.02. The number of para-hydroxylation sites is 2. The van der Waals surface area contributed by atoms with Gasteiger partial charge in [0.25, 0.3) is 0 Å². The Bertz CT molecular complexity index is 987. The fraction of sp³-hybridized carbons (Fsp3) is 0.200. The molecule has 0 aliphatic heterocycles. The lowest BCUT2D eigenvalue weighted by molar-refractivity contribution is 0.670. The molecule has 0 heterocycles. The van der Waals surface area contributed by atoms with Gasteiger partial charge in [0, 0.05) is 47.2 Å². The summed E-state index contributed by atoms with van der Waals surface area (Å²) in [5.74, 6) is 0. The van der Waals surface area contributed by atoms with Gasteiger partial charge < -0.3 is 21.3 Å². The van der Waals surface area contributed by atoms with Crippen LogP contribution in [0.15, 0.2) is 109 Å². The highest BCUT2D eigenvalue weighted by Gasteiger charge is 1.98. The van der Waals surface area contributed by atoms with Gasteiger partial charge in [0.15, 0.2) is 0 Å². The van der Waals surface area contributed by atoms with Crippen LogP contribution >= 0.6 is 0 Å². The zero-order chi connectivity index (χ0) is 23.3. The standard InChI is InChI=1S/C30H34N4/c1(9-23-31-25-15-19-29(20-16-25)33-27-11-5-3-6-12-27)2-10-24-32-26-17-21-30(22-18-26)34-28-13-7-4-8-14-28/h3-8,11-22,31-34H,1-2,9-10,23-24H2. The maximum atomic E-state index is 3.53. The normalized spacial score (nSPS) is 10.5. The van der Waals surface area contributed by atoms with Crippen molar-refractivity contribution >= 4 is 34.1 Å². The summed E-state index contributed by atoms with van der Waals surface area (Å²) in [6, 6.07) is 37.5. The van der Waals surface area contributed by atoms with Crippen molar-refractivity contribution in [2.45, 2.75) is 25.7 Å². The summed E-state index contributed by atoms with van der Waals surface area (Å²) in [5.41, 5.74) is 6.76. The van der Waals surface area contributed by atoms with Gasteiger partial charge in [0.2, 0.25) is 0 Å². The van der Waals surface area contributed by atoms with E-state index < -0.39 is 0 Å². The van der Waals surface area contributed by atoms with E-state index in [2.05, 4.69) is 94.1 Å². The molecule has 0 radical (unpaired) electrons. The lowest BCUT2D eigenvalue weighted by Gasteiger charge is -2.10. The average Bonchev–Trinajstić information content (AvgIpc) is 2.89. The topological polar surface area (TPSA) is 48.1 Å². The van der Waals surface area contributed by atoms with E-state index >= 15 is 0 Å². The molecule has 0 atom stereocenters. The second-order valence-corrected chi connectivity index (χ2v) is 8.40. The molecule has 4 heteroatoms. The van der Waals surface area contributed by atoms with Crippen LogP contribution in [-0.2, 0) is 0 Å². The Kier molecular flexibility index (Phi) is 8.85. The van der Waals surface area contributed by atoms with Gasteiger partial charge in [0.05, 0.1) is 0 Å². The molecule has 0 amide bonds. The molecule has 0 spiro atoms. The molecule has 4 N–H and O–H groups in total. The third-order valence-electron chi connectivity index (χ3n) is 5.66. The minimum Gasteiger partial charge on any atom is -0.385 e. The number of anilines is 6. The van der Waals surface area contributed by atoms with Crippen molar-refractivity contribution in [1.29, 1.82) is 0 Å². The molecule has 174 valence electrons. The van der Waals surface area contributed by atoms with Crippen molar-refractivity contribution in [3.8, 4) is 0 Å². The molecule has 0 saturated carbocycles. The second-order valence-electron chi connectivity index (χ2n) is 8.40. The highest BCUT2D eigenvalue weighted by molar-refractivity contribution is 5.63. The van der Waals surface area contributed by atoms with Gasteiger partial charge in [0.1, 0.15) is 0 Å². The van der Waals surface area contributed by atoms with Gasteiger partial charge in [-0.05, 0) is 85.6 Å². The average molecular weight is 451 g/mol. The molecule has 0 saturated heterocycles. The van der Waals surface area contributed by atoms with E-state index in [4.69, 9.17) is 0 Å². The van der Waals surface area contributed by atoms with E-state index in [0.29, 0.717) is 0 Å². The molecule has 0 unspecified atom stereocenters. The molecule has 4 aromatic rings. The molecule has 0 aromatic heterocycles. The van der Waals surface area contributed by atoms with Crippen LogP contribution < -0.4 is 21.3 Å². The predicted molar refractivity (Wildman–Crippen MR) is 148 cm³/mol. The van der Waals surface area contributed by atoms with Crippen LogP contribution in [0.3, 0.4) is 0 Å². The molecular formula is C30H34N4. The minimum absolute atomic E-state index is 1.01. The zero-order valence-electron chi connectivity index (χ0n) is 19.6. The van der Waals surface area contributed by atoms with Crippen molar-refractivity contribution in [3.63, 3.8) is 0 Å². The fourth-order valence-corrected chi connectivity index (χ4v) is 3.79. The number of hydrogen-bond acceptors (Lipinski definition) is 4. The first-order valence-corrected chi connectivity index (χ1v) is 12.2. The van der Waals surface area contributed by atoms with Gasteiger partial charge in [-0.3, -0.25) is 0 Å². The molecule has 4 aromatic carbocycles. The summed E-state index contributed by atoms with van der Waals surface area (Å²) in [6.07, 6.45) is 4.85. The van der Waals surface area contributed by atoms with Crippen LogP contribution in [0.4, 0.5) is 34.1 Å². The van der Waals surface area contributed by atoms with Crippen molar-refractivity contribution in [1.82, 2.24) is 0 Å². The zero-order valence-corrected chi connectivity index (χ0v) is 19.6. The van der Waals surface area contributed by atoms with Crippen molar-refractivity contribution in [3.05, 3.63) is 109 Å². The number of benzene rings is 4. The Hall–Kier alpha value is -3.92. The molecule has 0 aliphatic rings. The van der Waals surface area contributed by atoms with Crippen LogP contribution in [0, 0.1) is 0 Å². The number of rotatable bonds is 13. The van der Waals surface area contributed by atoms with E-state index in [1.54, 1.807) is 0 Å². The fourth-order valence-electron chi connectivity index (χ4n) is 3.79. The lowest BCUT2D eigenvalue weighted by Crippen LogP contribution is -2.03. The Balaban J connectivity index is 1.05. The van der Waals surface area contributed by atoms with E-state index in [9.17, 15) is 0 Å². The summed E-state index contributed by atoms with van der Waals surface area (Å²) in [7, 11) is 0. The molecule has 0 bridgehead atoms. The molecular weight excluding hydrogens is 416 g/mol. The van der Waals surface area contributed by atoms with Gasteiger partial charge >= 0.3 is 0 Å². The largest absolute Gasteiger partial charge is 0.385 e. The van der Waals surface area contributed by atoms with E-state index in [1.807, 2.05) is 36.4 Å². The van der Waals surface area contributed by atoms with Crippen molar-refractivity contribution < 1.29 is 0 Å². The maximum absolute atomic E-state index is 3.53. The van der Waals surface area contributed by atoms with Gasteiger partial charge in [-0.15, -0.1) is 0 Å². The van der Waals surface area contributed by atoms with E-state index in [1.165, 1.54) is 37.1 Å². The first kappa shape index (κ1) is 23.2. The van der Waals surface area contributed by atoms with Crippen LogP contribution in [0.25, 0.3) is 0 Å². The summed E-state index contributed by atoms with van der Waals surface area (Å²) >= 11 is 0. The minimum atomic E-state index is 1.01. The quantitative estimate of drug-likeness (QED) is 0.155. The van der Waals surface area contributed by atoms with Crippen LogP contribution in [0.2, 0.25) is 0 Å². The first-order chi connectivity index (χ1) is 16.8. The van der Waals surface area contributed by atoms with Gasteiger partial charge in [-0.1, -0.05) is 49.2 Å². The number of nitrogens with one attached hydrogen (secondary N) is 4.